The molecule has 0 amide bonds. The van der Waals surface area contributed by atoms with Gasteiger partial charge in [-0.3, -0.25) is 9.69 Å². The van der Waals surface area contributed by atoms with Crippen molar-refractivity contribution in [3.8, 4) is 0 Å². The van der Waals surface area contributed by atoms with E-state index in [-0.39, 0.29) is 6.04 Å². The van der Waals surface area contributed by atoms with Crippen LogP contribution in [0.15, 0.2) is 0 Å². The maximum Gasteiger partial charge on any atom is 0.149 e. The average molecular weight is 199 g/mol. The Labute approximate surface area is 88.7 Å². The van der Waals surface area contributed by atoms with E-state index in [1.807, 2.05) is 6.92 Å². The van der Waals surface area contributed by atoms with Crippen LogP contribution in [-0.2, 0) is 4.79 Å². The van der Waals surface area contributed by atoms with Crippen LogP contribution in [-0.4, -0.2) is 29.8 Å². The number of Topliss-reactive ketones (excluding diaryl/α,β-unsaturated/α-hetero) is 1. The summed E-state index contributed by atoms with van der Waals surface area (Å²) in [7, 11) is 2.05. The lowest BCUT2D eigenvalue weighted by atomic mass is 10.0. The molecular weight excluding hydrogens is 174 g/mol. The number of carbonyl (C=O) groups is 1. The molecule has 1 atom stereocenters. The second-order valence-corrected chi connectivity index (χ2v) is 4.24. The topological polar surface area (TPSA) is 20.3 Å². The number of carbonyl (C=O) groups excluding carboxylic acids is 1. The fourth-order valence-corrected chi connectivity index (χ4v) is 1.58. The van der Waals surface area contributed by atoms with Crippen molar-refractivity contribution in [2.24, 2.45) is 0 Å². The van der Waals surface area contributed by atoms with Gasteiger partial charge >= 0.3 is 0 Å². The minimum Gasteiger partial charge on any atom is -0.298 e. The lowest BCUT2D eigenvalue weighted by Crippen LogP contribution is -2.42. The largest absolute Gasteiger partial charge is 0.298 e. The highest BCUT2D eigenvalue weighted by molar-refractivity contribution is 5.83. The molecule has 0 N–H and O–H groups in total. The average Bonchev–Trinajstić information content (AvgIpc) is 2.17. The molecule has 0 heterocycles. The van der Waals surface area contributed by atoms with Crippen molar-refractivity contribution < 1.29 is 4.79 Å². The molecule has 14 heavy (non-hydrogen) atoms. The van der Waals surface area contributed by atoms with E-state index in [1.165, 1.54) is 6.42 Å². The molecule has 0 aromatic rings. The third kappa shape index (κ3) is 4.23. The lowest BCUT2D eigenvalue weighted by molar-refractivity contribution is -0.124. The fraction of sp³-hybridized carbons (Fsp3) is 0.917. The van der Waals surface area contributed by atoms with Gasteiger partial charge in [-0.15, -0.1) is 0 Å². The summed E-state index contributed by atoms with van der Waals surface area (Å²) in [5, 5.41) is 0. The van der Waals surface area contributed by atoms with Gasteiger partial charge in [0.05, 0.1) is 6.04 Å². The lowest BCUT2D eigenvalue weighted by Gasteiger charge is -2.30. The first-order valence-electron chi connectivity index (χ1n) is 5.79. The van der Waals surface area contributed by atoms with Gasteiger partial charge in [0.25, 0.3) is 0 Å². The van der Waals surface area contributed by atoms with E-state index in [0.717, 1.165) is 12.8 Å². The molecule has 84 valence electrons. The van der Waals surface area contributed by atoms with Gasteiger partial charge in [-0.25, -0.2) is 0 Å². The van der Waals surface area contributed by atoms with Crippen LogP contribution in [0.2, 0.25) is 0 Å². The van der Waals surface area contributed by atoms with E-state index >= 15 is 0 Å². The van der Waals surface area contributed by atoms with Gasteiger partial charge in [0.1, 0.15) is 5.78 Å². The Bertz CT molecular complexity index is 166. The van der Waals surface area contributed by atoms with Crippen molar-refractivity contribution in [2.75, 3.05) is 7.05 Å². The molecule has 0 rings (SSSR count). The normalized spacial score (nSPS) is 13.6. The standard InChI is InChI=1S/C12H25NO/c1-6-8-9-11(12(14)7-2)13(5)10(3)4/h10-11H,6-9H2,1-5H3/t11-/m0/s1. The summed E-state index contributed by atoms with van der Waals surface area (Å²) in [6.45, 7) is 8.40. The molecule has 0 aromatic heterocycles. The third-order valence-corrected chi connectivity index (χ3v) is 2.86. The van der Waals surface area contributed by atoms with Crippen LogP contribution in [0.5, 0.6) is 0 Å². The van der Waals surface area contributed by atoms with Crippen LogP contribution in [0.25, 0.3) is 0 Å². The number of nitrogens with zero attached hydrogens (tertiary/aromatic N) is 1. The Kier molecular flexibility index (Phi) is 6.81. The molecule has 2 heteroatoms. The Morgan fingerprint density at radius 3 is 2.21 bits per heavy atom. The van der Waals surface area contributed by atoms with Crippen molar-refractivity contribution in [3.63, 3.8) is 0 Å². The first kappa shape index (κ1) is 13.6. The van der Waals surface area contributed by atoms with E-state index in [2.05, 4.69) is 32.7 Å². The van der Waals surface area contributed by atoms with Crippen molar-refractivity contribution >= 4 is 5.78 Å². The van der Waals surface area contributed by atoms with Crippen LogP contribution in [0, 0.1) is 0 Å². The van der Waals surface area contributed by atoms with Crippen LogP contribution >= 0.6 is 0 Å². The first-order chi connectivity index (χ1) is 6.54. The predicted molar refractivity (Wildman–Crippen MR) is 61.5 cm³/mol. The highest BCUT2D eigenvalue weighted by Crippen LogP contribution is 2.12. The van der Waals surface area contributed by atoms with Gasteiger partial charge in [-0.1, -0.05) is 26.7 Å². The predicted octanol–water partition coefficient (Wildman–Crippen LogP) is 2.86. The van der Waals surface area contributed by atoms with Crippen molar-refractivity contribution in [3.05, 3.63) is 0 Å². The summed E-state index contributed by atoms with van der Waals surface area (Å²) in [6, 6.07) is 0.590. The summed E-state index contributed by atoms with van der Waals surface area (Å²) in [5.41, 5.74) is 0. The number of unbranched alkanes of at least 4 members (excludes halogenated alkanes) is 1. The molecule has 0 radical (unpaired) electrons. The van der Waals surface area contributed by atoms with E-state index in [4.69, 9.17) is 0 Å². The molecule has 0 unspecified atom stereocenters. The molecule has 2 nitrogen and oxygen atoms in total. The Hall–Kier alpha value is -0.370. The number of rotatable bonds is 7. The highest BCUT2D eigenvalue weighted by Gasteiger charge is 2.22. The molecule has 0 aliphatic carbocycles. The summed E-state index contributed by atoms with van der Waals surface area (Å²) in [4.78, 5) is 13.9. The molecule has 0 saturated carbocycles. The molecule has 0 spiro atoms. The number of ketones is 1. The van der Waals surface area contributed by atoms with Crippen LogP contribution in [0.1, 0.15) is 53.4 Å². The Morgan fingerprint density at radius 1 is 1.29 bits per heavy atom. The zero-order chi connectivity index (χ0) is 11.1. The maximum absolute atomic E-state index is 11.7. The van der Waals surface area contributed by atoms with Crippen molar-refractivity contribution in [1.29, 1.82) is 0 Å². The minimum absolute atomic E-state index is 0.139. The van der Waals surface area contributed by atoms with Crippen LogP contribution < -0.4 is 0 Å². The smallest absolute Gasteiger partial charge is 0.149 e. The second kappa shape index (κ2) is 6.99. The SMILES string of the molecule is CCCC[C@@H](C(=O)CC)N(C)C(C)C. The summed E-state index contributed by atoms with van der Waals surface area (Å²) in [5.74, 6) is 0.384. The molecule has 0 bridgehead atoms. The first-order valence-corrected chi connectivity index (χ1v) is 5.79. The van der Waals surface area contributed by atoms with Crippen LogP contribution in [0.3, 0.4) is 0 Å². The fourth-order valence-electron chi connectivity index (χ4n) is 1.58. The zero-order valence-electron chi connectivity index (χ0n) is 10.3. The summed E-state index contributed by atoms with van der Waals surface area (Å²) in [6.07, 6.45) is 3.98. The van der Waals surface area contributed by atoms with Crippen molar-refractivity contribution in [1.82, 2.24) is 4.90 Å². The Balaban J connectivity index is 4.30. The molecule has 0 fully saturated rings. The minimum atomic E-state index is 0.139. The van der Waals surface area contributed by atoms with E-state index < -0.39 is 0 Å². The van der Waals surface area contributed by atoms with Crippen molar-refractivity contribution in [2.45, 2.75) is 65.5 Å². The third-order valence-electron chi connectivity index (χ3n) is 2.86. The second-order valence-electron chi connectivity index (χ2n) is 4.24. The summed E-state index contributed by atoms with van der Waals surface area (Å²) >= 11 is 0. The zero-order valence-corrected chi connectivity index (χ0v) is 10.3. The monoisotopic (exact) mass is 199 g/mol. The maximum atomic E-state index is 11.7. The molecular formula is C12H25NO. The summed E-state index contributed by atoms with van der Waals surface area (Å²) < 4.78 is 0. The van der Waals surface area contributed by atoms with Gasteiger partial charge in [0, 0.05) is 12.5 Å². The molecule has 0 saturated heterocycles. The van der Waals surface area contributed by atoms with Gasteiger partial charge < -0.3 is 0 Å². The number of hydrogen-bond acceptors (Lipinski definition) is 2. The quantitative estimate of drug-likeness (QED) is 0.628. The van der Waals surface area contributed by atoms with Gasteiger partial charge in [-0.05, 0) is 27.3 Å². The van der Waals surface area contributed by atoms with E-state index in [1.54, 1.807) is 0 Å². The van der Waals surface area contributed by atoms with E-state index in [0.29, 0.717) is 18.2 Å². The molecule has 0 aliphatic heterocycles. The molecule has 0 aliphatic rings. The molecule has 0 aromatic carbocycles. The van der Waals surface area contributed by atoms with Crippen LogP contribution in [0.4, 0.5) is 0 Å². The van der Waals surface area contributed by atoms with E-state index in [9.17, 15) is 4.79 Å². The van der Waals surface area contributed by atoms with Gasteiger partial charge in [0.15, 0.2) is 0 Å². The van der Waals surface area contributed by atoms with Gasteiger partial charge in [0.2, 0.25) is 0 Å². The number of hydrogen-bond donors (Lipinski definition) is 0. The Morgan fingerprint density at radius 2 is 1.86 bits per heavy atom. The number of likely N-dealkylation sites (N-methyl/N-ethyl adjacent to an activating group) is 1. The van der Waals surface area contributed by atoms with Gasteiger partial charge in [-0.2, -0.15) is 0 Å². The highest BCUT2D eigenvalue weighted by atomic mass is 16.1.